The van der Waals surface area contributed by atoms with Crippen LogP contribution in [0.5, 0.6) is 5.75 Å². The highest BCUT2D eigenvalue weighted by atomic mass is 16.5. The third-order valence-corrected chi connectivity index (χ3v) is 5.07. The minimum atomic E-state index is -0.0353. The van der Waals surface area contributed by atoms with Crippen molar-refractivity contribution in [3.8, 4) is 17.1 Å². The van der Waals surface area contributed by atoms with Crippen molar-refractivity contribution in [1.82, 2.24) is 15.2 Å². The van der Waals surface area contributed by atoms with E-state index in [1.807, 2.05) is 69.6 Å². The van der Waals surface area contributed by atoms with E-state index in [1.165, 1.54) is 5.56 Å². The molecule has 30 heavy (non-hydrogen) atoms. The zero-order chi connectivity index (χ0) is 21.5. The maximum atomic E-state index is 12.4. The molecule has 2 aromatic carbocycles. The molecule has 1 amide bonds. The first-order valence-electron chi connectivity index (χ1n) is 10.1. The molecule has 0 bridgehead atoms. The molecule has 3 rings (SSSR count). The number of ether oxygens (including phenoxy) is 1. The van der Waals surface area contributed by atoms with Gasteiger partial charge in [-0.2, -0.15) is 0 Å². The molecule has 0 aliphatic carbocycles. The molecule has 0 radical (unpaired) electrons. The van der Waals surface area contributed by atoms with Crippen LogP contribution in [0, 0.1) is 6.92 Å². The fourth-order valence-electron chi connectivity index (χ4n) is 3.31. The smallest absolute Gasteiger partial charge is 0.220 e. The number of carbonyl (C=O) groups excluding carboxylic acids is 1. The number of para-hydroxylation sites is 1. The summed E-state index contributed by atoms with van der Waals surface area (Å²) < 4.78 is 11.3. The molecule has 1 aromatic heterocycles. The van der Waals surface area contributed by atoms with Gasteiger partial charge in [0.2, 0.25) is 5.91 Å². The molecule has 1 heterocycles. The minimum Gasteiger partial charge on any atom is -0.496 e. The maximum Gasteiger partial charge on any atom is 0.220 e. The van der Waals surface area contributed by atoms with Crippen molar-refractivity contribution in [2.75, 3.05) is 27.7 Å². The summed E-state index contributed by atoms with van der Waals surface area (Å²) in [5.41, 5.74) is 3.22. The average Bonchev–Trinajstić information content (AvgIpc) is 3.22. The zero-order valence-corrected chi connectivity index (χ0v) is 18.0. The largest absolute Gasteiger partial charge is 0.496 e. The Balaban J connectivity index is 1.54. The monoisotopic (exact) mass is 407 g/mol. The number of benzene rings is 2. The minimum absolute atomic E-state index is 0.0139. The second-order valence-electron chi connectivity index (χ2n) is 7.51. The first-order chi connectivity index (χ1) is 14.5. The number of aromatic nitrogens is 1. The van der Waals surface area contributed by atoms with Crippen LogP contribution in [0.4, 0.5) is 0 Å². The van der Waals surface area contributed by atoms with E-state index < -0.39 is 0 Å². The second-order valence-corrected chi connectivity index (χ2v) is 7.51. The van der Waals surface area contributed by atoms with Crippen LogP contribution in [0.3, 0.4) is 0 Å². The van der Waals surface area contributed by atoms with Gasteiger partial charge in [0.15, 0.2) is 11.7 Å². The van der Waals surface area contributed by atoms with Crippen molar-refractivity contribution >= 4 is 5.91 Å². The second kappa shape index (κ2) is 10.1. The number of likely N-dealkylation sites (N-methyl/N-ethyl adjacent to an activating group) is 1. The van der Waals surface area contributed by atoms with Crippen LogP contribution < -0.4 is 10.1 Å². The highest BCUT2D eigenvalue weighted by Crippen LogP contribution is 2.27. The third kappa shape index (κ3) is 5.48. The van der Waals surface area contributed by atoms with E-state index in [1.54, 1.807) is 13.3 Å². The number of aryl methyl sites for hydroxylation is 2. The number of amides is 1. The standard InChI is InChI=1S/C24H29N3O3/c1-17-9-11-18(12-10-17)22-16-26-24(30-22)14-13-23(28)25-15-20(27(2)3)19-7-5-6-8-21(19)29-4/h5-12,16,20H,13-15H2,1-4H3,(H,25,28). The number of nitrogens with zero attached hydrogens (tertiary/aromatic N) is 2. The van der Waals surface area contributed by atoms with Crippen LogP contribution in [0.2, 0.25) is 0 Å². The SMILES string of the molecule is COc1ccccc1C(CNC(=O)CCc1ncc(-c2ccc(C)cc2)o1)N(C)C. The van der Waals surface area contributed by atoms with Crippen LogP contribution in [-0.4, -0.2) is 43.5 Å². The highest BCUT2D eigenvalue weighted by molar-refractivity contribution is 5.76. The lowest BCUT2D eigenvalue weighted by molar-refractivity contribution is -0.121. The van der Waals surface area contributed by atoms with Gasteiger partial charge in [0.05, 0.1) is 19.3 Å². The van der Waals surface area contributed by atoms with Gasteiger partial charge < -0.3 is 19.4 Å². The molecule has 158 valence electrons. The Bertz CT molecular complexity index is 964. The average molecular weight is 408 g/mol. The molecular formula is C24H29N3O3. The predicted molar refractivity (Wildman–Crippen MR) is 117 cm³/mol. The molecule has 0 fully saturated rings. The van der Waals surface area contributed by atoms with E-state index in [-0.39, 0.29) is 11.9 Å². The Morgan fingerprint density at radius 1 is 1.17 bits per heavy atom. The molecule has 0 spiro atoms. The van der Waals surface area contributed by atoms with Crippen LogP contribution in [0.1, 0.15) is 29.5 Å². The molecule has 0 aliphatic rings. The Hall–Kier alpha value is -3.12. The summed E-state index contributed by atoms with van der Waals surface area (Å²) >= 11 is 0. The maximum absolute atomic E-state index is 12.4. The number of hydrogen-bond acceptors (Lipinski definition) is 5. The first-order valence-corrected chi connectivity index (χ1v) is 10.1. The molecule has 6 nitrogen and oxygen atoms in total. The van der Waals surface area contributed by atoms with Crippen molar-refractivity contribution in [2.45, 2.75) is 25.8 Å². The van der Waals surface area contributed by atoms with E-state index >= 15 is 0 Å². The summed E-state index contributed by atoms with van der Waals surface area (Å²) in [4.78, 5) is 18.8. The third-order valence-electron chi connectivity index (χ3n) is 5.07. The summed E-state index contributed by atoms with van der Waals surface area (Å²) in [6.07, 6.45) is 2.49. The number of rotatable bonds is 9. The van der Waals surface area contributed by atoms with Crippen LogP contribution in [0.25, 0.3) is 11.3 Å². The number of nitrogens with one attached hydrogen (secondary N) is 1. The van der Waals surface area contributed by atoms with Crippen molar-refractivity contribution < 1.29 is 13.9 Å². The lowest BCUT2D eigenvalue weighted by Gasteiger charge is -2.26. The van der Waals surface area contributed by atoms with Crippen molar-refractivity contribution in [1.29, 1.82) is 0 Å². The summed E-state index contributed by atoms with van der Waals surface area (Å²) in [5.74, 6) is 2.06. The molecule has 1 atom stereocenters. The normalized spacial score (nSPS) is 12.0. The molecule has 1 unspecified atom stereocenters. The summed E-state index contributed by atoms with van der Waals surface area (Å²) in [6, 6.07) is 16.0. The Morgan fingerprint density at radius 2 is 1.90 bits per heavy atom. The van der Waals surface area contributed by atoms with Crippen molar-refractivity contribution in [2.24, 2.45) is 0 Å². The van der Waals surface area contributed by atoms with Gasteiger partial charge in [0.25, 0.3) is 0 Å². The Labute approximate surface area is 177 Å². The molecule has 3 aromatic rings. The van der Waals surface area contributed by atoms with E-state index in [9.17, 15) is 4.79 Å². The fraction of sp³-hybridized carbons (Fsp3) is 0.333. The zero-order valence-electron chi connectivity index (χ0n) is 18.0. The topological polar surface area (TPSA) is 67.6 Å². The summed E-state index contributed by atoms with van der Waals surface area (Å²) in [7, 11) is 5.64. The van der Waals surface area contributed by atoms with Gasteiger partial charge in [-0.25, -0.2) is 4.98 Å². The van der Waals surface area contributed by atoms with E-state index in [2.05, 4.69) is 15.2 Å². The lowest BCUT2D eigenvalue weighted by Crippen LogP contribution is -2.34. The Morgan fingerprint density at radius 3 is 2.60 bits per heavy atom. The first kappa shape index (κ1) is 21.6. The van der Waals surface area contributed by atoms with E-state index in [0.717, 1.165) is 16.9 Å². The predicted octanol–water partition coefficient (Wildman–Crippen LogP) is 4.01. The number of oxazole rings is 1. The lowest BCUT2D eigenvalue weighted by atomic mass is 10.0. The summed E-state index contributed by atoms with van der Waals surface area (Å²) in [6.45, 7) is 2.54. The van der Waals surface area contributed by atoms with Gasteiger partial charge in [-0.1, -0.05) is 48.0 Å². The van der Waals surface area contributed by atoms with Crippen LogP contribution in [0.15, 0.2) is 59.1 Å². The number of hydrogen-bond donors (Lipinski definition) is 1. The molecular weight excluding hydrogens is 378 g/mol. The summed E-state index contributed by atoms with van der Waals surface area (Å²) in [5, 5.41) is 3.02. The van der Waals surface area contributed by atoms with Gasteiger partial charge in [-0.3, -0.25) is 4.79 Å². The number of carbonyl (C=O) groups is 1. The Kier molecular flexibility index (Phi) is 7.25. The quantitative estimate of drug-likeness (QED) is 0.580. The van der Waals surface area contributed by atoms with Crippen LogP contribution in [-0.2, 0) is 11.2 Å². The molecule has 6 heteroatoms. The van der Waals surface area contributed by atoms with Gasteiger partial charge >= 0.3 is 0 Å². The van der Waals surface area contributed by atoms with Gasteiger partial charge in [-0.15, -0.1) is 0 Å². The molecule has 0 saturated carbocycles. The number of methoxy groups -OCH3 is 1. The molecule has 0 aliphatic heterocycles. The van der Waals surface area contributed by atoms with E-state index in [4.69, 9.17) is 9.15 Å². The van der Waals surface area contributed by atoms with Gasteiger partial charge in [0.1, 0.15) is 5.75 Å². The van der Waals surface area contributed by atoms with Gasteiger partial charge in [-0.05, 0) is 27.1 Å². The highest BCUT2D eigenvalue weighted by Gasteiger charge is 2.19. The fourth-order valence-corrected chi connectivity index (χ4v) is 3.31. The molecule has 1 N–H and O–H groups in total. The van der Waals surface area contributed by atoms with Crippen molar-refractivity contribution in [3.05, 3.63) is 71.7 Å². The van der Waals surface area contributed by atoms with Crippen LogP contribution >= 0.6 is 0 Å². The van der Waals surface area contributed by atoms with Crippen molar-refractivity contribution in [3.63, 3.8) is 0 Å². The van der Waals surface area contributed by atoms with E-state index in [0.29, 0.717) is 31.0 Å². The van der Waals surface area contributed by atoms with Gasteiger partial charge in [0, 0.05) is 30.5 Å². The molecule has 0 saturated heterocycles.